The average Bonchev–Trinajstić information content (AvgIpc) is 3.13. The van der Waals surface area contributed by atoms with Gasteiger partial charge in [0.15, 0.2) is 0 Å². The highest BCUT2D eigenvalue weighted by molar-refractivity contribution is 9.10. The molecule has 3 aromatic rings. The first-order valence-corrected chi connectivity index (χ1v) is 11.6. The summed E-state index contributed by atoms with van der Waals surface area (Å²) in [5, 5.41) is 10.8. The van der Waals surface area contributed by atoms with E-state index in [9.17, 15) is 8.42 Å². The lowest BCUT2D eigenvalue weighted by Crippen LogP contribution is -2.29. The van der Waals surface area contributed by atoms with Crippen LogP contribution in [0.25, 0.3) is 0 Å². The molecule has 0 radical (unpaired) electrons. The fourth-order valence-electron chi connectivity index (χ4n) is 2.37. The topological polar surface area (TPSA) is 145 Å². The Morgan fingerprint density at radius 3 is 2.45 bits per heavy atom. The van der Waals surface area contributed by atoms with Crippen LogP contribution in [0.3, 0.4) is 0 Å². The van der Waals surface area contributed by atoms with Crippen LogP contribution in [0.1, 0.15) is 5.56 Å². The Labute approximate surface area is 202 Å². The number of halogens is 2. The standard InChI is InChI=1S/C18H18BrClN8O4S/c1-28-10-12(19)16(26-28)33(29,30)27-18(25-21-9-11-6-4-5-7-13(11)20)24-17-22-14(31-2)8-15(23-17)32-3/h4-10H,1-3H3,(H2,22,23,24,25,27). The van der Waals surface area contributed by atoms with Gasteiger partial charge < -0.3 is 9.47 Å². The number of rotatable bonds is 7. The van der Waals surface area contributed by atoms with Crippen LogP contribution in [-0.2, 0) is 17.1 Å². The van der Waals surface area contributed by atoms with E-state index in [2.05, 4.69) is 51.2 Å². The number of nitrogens with one attached hydrogen (secondary N) is 2. The van der Waals surface area contributed by atoms with Crippen LogP contribution in [-0.4, -0.2) is 54.6 Å². The summed E-state index contributed by atoms with van der Waals surface area (Å²) in [5.74, 6) is -0.0102. The Bertz CT molecular complexity index is 1290. The second kappa shape index (κ2) is 10.6. The van der Waals surface area contributed by atoms with E-state index in [-0.39, 0.29) is 33.2 Å². The normalized spacial score (nSPS) is 12.1. The Kier molecular flexibility index (Phi) is 7.84. The molecular formula is C18H18BrClN8O4S. The van der Waals surface area contributed by atoms with Gasteiger partial charge in [0.25, 0.3) is 0 Å². The van der Waals surface area contributed by atoms with Crippen molar-refractivity contribution in [2.75, 3.05) is 19.5 Å². The highest BCUT2D eigenvalue weighted by atomic mass is 79.9. The number of nitrogens with zero attached hydrogens (tertiary/aromatic N) is 6. The Balaban J connectivity index is 1.98. The lowest BCUT2D eigenvalue weighted by atomic mass is 10.2. The molecule has 0 unspecified atom stereocenters. The molecule has 0 aliphatic carbocycles. The van der Waals surface area contributed by atoms with Gasteiger partial charge in [-0.05, 0) is 22.0 Å². The van der Waals surface area contributed by atoms with Crippen molar-refractivity contribution in [1.29, 1.82) is 0 Å². The number of aromatic nitrogens is 4. The molecule has 0 atom stereocenters. The van der Waals surface area contributed by atoms with E-state index in [4.69, 9.17) is 21.1 Å². The molecule has 33 heavy (non-hydrogen) atoms. The first-order chi connectivity index (χ1) is 15.7. The van der Waals surface area contributed by atoms with E-state index in [0.29, 0.717) is 10.6 Å². The van der Waals surface area contributed by atoms with E-state index >= 15 is 0 Å². The molecule has 0 aliphatic rings. The third-order valence-electron chi connectivity index (χ3n) is 3.82. The van der Waals surface area contributed by atoms with Crippen molar-refractivity contribution in [2.24, 2.45) is 16.5 Å². The molecule has 0 saturated carbocycles. The zero-order chi connectivity index (χ0) is 24.0. The second-order valence-electron chi connectivity index (χ2n) is 6.16. The number of aryl methyl sites for hydroxylation is 1. The highest BCUT2D eigenvalue weighted by Crippen LogP contribution is 2.22. The number of hydrogen-bond donors (Lipinski definition) is 2. The summed E-state index contributed by atoms with van der Waals surface area (Å²) in [5.41, 5.74) is 3.13. The molecular weight excluding hydrogens is 540 g/mol. The van der Waals surface area contributed by atoms with Gasteiger partial charge in [-0.3, -0.25) is 10.00 Å². The Morgan fingerprint density at radius 1 is 1.21 bits per heavy atom. The van der Waals surface area contributed by atoms with E-state index in [1.165, 1.54) is 37.4 Å². The van der Waals surface area contributed by atoms with Crippen molar-refractivity contribution >= 4 is 55.7 Å². The van der Waals surface area contributed by atoms with Gasteiger partial charge in [-0.1, -0.05) is 29.8 Å². The number of anilines is 1. The van der Waals surface area contributed by atoms with Gasteiger partial charge in [0.05, 0.1) is 31.0 Å². The van der Waals surface area contributed by atoms with Crippen LogP contribution >= 0.6 is 27.5 Å². The molecule has 0 aliphatic heterocycles. The third kappa shape index (κ3) is 6.40. The first-order valence-electron chi connectivity index (χ1n) is 9.03. The number of guanidine groups is 1. The maximum absolute atomic E-state index is 12.9. The molecule has 0 spiro atoms. The number of hydrazone groups is 1. The van der Waals surface area contributed by atoms with Gasteiger partial charge in [0.2, 0.25) is 28.7 Å². The van der Waals surface area contributed by atoms with Crippen molar-refractivity contribution in [3.63, 3.8) is 0 Å². The van der Waals surface area contributed by atoms with Crippen LogP contribution < -0.4 is 20.2 Å². The highest BCUT2D eigenvalue weighted by Gasteiger charge is 2.23. The number of benzene rings is 1. The minimum atomic E-state index is -4.26. The van der Waals surface area contributed by atoms with Gasteiger partial charge in [0.1, 0.15) is 0 Å². The van der Waals surface area contributed by atoms with Gasteiger partial charge >= 0.3 is 10.0 Å². The lowest BCUT2D eigenvalue weighted by molar-refractivity contribution is 0.373. The molecule has 1 aromatic carbocycles. The SMILES string of the molecule is COc1cc(OC)nc(NC(=NS(=O)(=O)c2nn(C)cc2Br)NN=Cc2ccccc2Cl)n1. The fourth-order valence-corrected chi connectivity index (χ4v) is 4.48. The molecule has 174 valence electrons. The molecule has 0 saturated heterocycles. The van der Waals surface area contributed by atoms with Gasteiger partial charge in [-0.25, -0.2) is 5.43 Å². The fraction of sp³-hybridized carbons (Fsp3) is 0.167. The van der Waals surface area contributed by atoms with Crippen molar-refractivity contribution in [3.8, 4) is 11.8 Å². The Hall–Kier alpha value is -3.23. The molecule has 0 fully saturated rings. The van der Waals surface area contributed by atoms with E-state index < -0.39 is 10.0 Å². The van der Waals surface area contributed by atoms with Crippen LogP contribution in [0.2, 0.25) is 5.02 Å². The predicted molar refractivity (Wildman–Crippen MR) is 126 cm³/mol. The van der Waals surface area contributed by atoms with Gasteiger partial charge in [-0.15, -0.1) is 4.40 Å². The molecule has 15 heteroatoms. The van der Waals surface area contributed by atoms with Crippen molar-refractivity contribution in [3.05, 3.63) is 51.6 Å². The van der Waals surface area contributed by atoms with E-state index in [0.717, 1.165) is 0 Å². The minimum absolute atomic E-state index is 0.0549. The Morgan fingerprint density at radius 2 is 1.88 bits per heavy atom. The van der Waals surface area contributed by atoms with Gasteiger partial charge in [-0.2, -0.15) is 28.6 Å². The molecule has 2 aromatic heterocycles. The minimum Gasteiger partial charge on any atom is -0.481 e. The monoisotopic (exact) mass is 556 g/mol. The van der Waals surface area contributed by atoms with Crippen LogP contribution in [0.4, 0.5) is 5.95 Å². The summed E-state index contributed by atoms with van der Waals surface area (Å²) in [6, 6.07) is 8.42. The zero-order valence-corrected chi connectivity index (χ0v) is 20.7. The molecule has 2 heterocycles. The molecule has 12 nitrogen and oxygen atoms in total. The molecule has 0 amide bonds. The summed E-state index contributed by atoms with van der Waals surface area (Å²) < 4.78 is 41.3. The van der Waals surface area contributed by atoms with Crippen LogP contribution in [0.15, 0.2) is 55.5 Å². The van der Waals surface area contributed by atoms with Crippen LogP contribution in [0, 0.1) is 0 Å². The van der Waals surface area contributed by atoms with Crippen molar-refractivity contribution in [1.82, 2.24) is 25.2 Å². The summed E-state index contributed by atoms with van der Waals surface area (Å²) in [6.07, 6.45) is 2.88. The summed E-state index contributed by atoms with van der Waals surface area (Å²) in [6.45, 7) is 0. The largest absolute Gasteiger partial charge is 0.481 e. The van der Waals surface area contributed by atoms with Crippen LogP contribution in [0.5, 0.6) is 11.8 Å². The smallest absolute Gasteiger partial charge is 0.306 e. The molecule has 2 N–H and O–H groups in total. The zero-order valence-electron chi connectivity index (χ0n) is 17.5. The number of hydrogen-bond acceptors (Lipinski definition) is 8. The second-order valence-corrected chi connectivity index (χ2v) is 8.94. The quantitative estimate of drug-likeness (QED) is 0.254. The predicted octanol–water partition coefficient (Wildman–Crippen LogP) is 2.42. The van der Waals surface area contributed by atoms with Crippen molar-refractivity contribution < 1.29 is 17.9 Å². The van der Waals surface area contributed by atoms with E-state index in [1.807, 2.05) is 0 Å². The van der Waals surface area contributed by atoms with Gasteiger partial charge in [0, 0.05) is 23.8 Å². The van der Waals surface area contributed by atoms with E-state index in [1.54, 1.807) is 31.3 Å². The maximum atomic E-state index is 12.9. The average molecular weight is 558 g/mol. The molecule has 3 rings (SSSR count). The summed E-state index contributed by atoms with van der Waals surface area (Å²) >= 11 is 9.28. The first kappa shape index (κ1) is 24.4. The summed E-state index contributed by atoms with van der Waals surface area (Å²) in [4.78, 5) is 8.20. The number of methoxy groups -OCH3 is 2. The van der Waals surface area contributed by atoms with Crippen molar-refractivity contribution in [2.45, 2.75) is 5.03 Å². The molecule has 0 bridgehead atoms. The number of sulfonamides is 1. The third-order valence-corrected chi connectivity index (χ3v) is 6.22. The maximum Gasteiger partial charge on any atom is 0.306 e. The summed E-state index contributed by atoms with van der Waals surface area (Å²) in [7, 11) is 0.146. The number of ether oxygens (including phenoxy) is 2. The lowest BCUT2D eigenvalue weighted by Gasteiger charge is -2.10.